The molecule has 130 valence electrons. The Bertz CT molecular complexity index is 511. The third-order valence-corrected chi connectivity index (χ3v) is 4.39. The first kappa shape index (κ1) is 18.2. The van der Waals surface area contributed by atoms with Gasteiger partial charge in [-0.2, -0.15) is 0 Å². The minimum absolute atomic E-state index is 0.132. The van der Waals surface area contributed by atoms with Crippen molar-refractivity contribution in [2.24, 2.45) is 11.7 Å². The highest BCUT2D eigenvalue weighted by Gasteiger charge is 2.20. The Hall–Kier alpha value is -1.11. The van der Waals surface area contributed by atoms with Crippen molar-refractivity contribution in [3.63, 3.8) is 0 Å². The zero-order valence-electron chi connectivity index (χ0n) is 13.5. The van der Waals surface area contributed by atoms with Crippen LogP contribution in [0.5, 0.6) is 0 Å². The summed E-state index contributed by atoms with van der Waals surface area (Å²) in [7, 11) is 1.71. The van der Waals surface area contributed by atoms with Crippen molar-refractivity contribution in [3.8, 4) is 0 Å². The molecule has 1 aromatic carbocycles. The van der Waals surface area contributed by atoms with Crippen LogP contribution in [0, 0.1) is 23.4 Å². The summed E-state index contributed by atoms with van der Waals surface area (Å²) in [6.45, 7) is 3.61. The summed E-state index contributed by atoms with van der Waals surface area (Å²) in [4.78, 5) is 2.34. The second-order valence-corrected chi connectivity index (χ2v) is 6.37. The zero-order chi connectivity index (χ0) is 16.8. The van der Waals surface area contributed by atoms with Gasteiger partial charge in [-0.3, -0.25) is 0 Å². The maximum Gasteiger partial charge on any atom is 0.161 e. The number of ether oxygens (including phenoxy) is 1. The van der Waals surface area contributed by atoms with Crippen molar-refractivity contribution in [2.45, 2.75) is 31.7 Å². The predicted molar refractivity (Wildman–Crippen MR) is 83.7 cm³/mol. The highest BCUT2D eigenvalue weighted by atomic mass is 19.2. The molecule has 1 fully saturated rings. The number of hydrogen-bond donors (Lipinski definition) is 1. The van der Waals surface area contributed by atoms with Crippen LogP contribution in [-0.4, -0.2) is 44.3 Å². The molecular weight excluding hydrogens is 305 g/mol. The fourth-order valence-electron chi connectivity index (χ4n) is 3.18. The Morgan fingerprint density at radius 3 is 2.74 bits per heavy atom. The Balaban J connectivity index is 1.81. The molecule has 0 spiro atoms. The minimum Gasteiger partial charge on any atom is -0.384 e. The summed E-state index contributed by atoms with van der Waals surface area (Å²) < 4.78 is 45.0. The molecule has 0 aliphatic carbocycles. The molecule has 0 saturated carbocycles. The van der Waals surface area contributed by atoms with Gasteiger partial charge in [0.15, 0.2) is 11.6 Å². The van der Waals surface area contributed by atoms with Gasteiger partial charge in [0.05, 0.1) is 6.61 Å². The lowest BCUT2D eigenvalue weighted by molar-refractivity contribution is 0.0892. The molecule has 0 amide bonds. The summed E-state index contributed by atoms with van der Waals surface area (Å²) >= 11 is 0. The second-order valence-electron chi connectivity index (χ2n) is 6.37. The van der Waals surface area contributed by atoms with Crippen molar-refractivity contribution in [1.82, 2.24) is 4.90 Å². The molecule has 2 N–H and O–H groups in total. The first-order chi connectivity index (χ1) is 11.0. The number of benzene rings is 1. The highest BCUT2D eigenvalue weighted by Crippen LogP contribution is 2.18. The van der Waals surface area contributed by atoms with Gasteiger partial charge in [-0.1, -0.05) is 0 Å². The first-order valence-electron chi connectivity index (χ1n) is 8.10. The maximum atomic E-state index is 13.6. The number of nitrogens with two attached hydrogens (primary N) is 1. The number of halogens is 3. The normalized spacial score (nSPS) is 20.7. The van der Waals surface area contributed by atoms with Crippen LogP contribution in [-0.2, 0) is 11.2 Å². The maximum absolute atomic E-state index is 13.6. The predicted octanol–water partition coefficient (Wildman–Crippen LogP) is 2.72. The monoisotopic (exact) mass is 330 g/mol. The number of likely N-dealkylation sites (tertiary alicyclic amines) is 1. The molecule has 0 aromatic heterocycles. The molecule has 1 aromatic rings. The molecule has 3 nitrogen and oxygen atoms in total. The third kappa shape index (κ3) is 5.48. The molecule has 0 bridgehead atoms. The Morgan fingerprint density at radius 2 is 2.00 bits per heavy atom. The van der Waals surface area contributed by atoms with Crippen LogP contribution in [0.25, 0.3) is 0 Å². The average molecular weight is 330 g/mol. The average Bonchev–Trinajstić information content (AvgIpc) is 2.51. The molecule has 23 heavy (non-hydrogen) atoms. The van der Waals surface area contributed by atoms with Gasteiger partial charge in [-0.15, -0.1) is 0 Å². The smallest absolute Gasteiger partial charge is 0.161 e. The number of piperidine rings is 1. The summed E-state index contributed by atoms with van der Waals surface area (Å²) in [5, 5.41) is 0. The number of nitrogens with zero attached hydrogens (tertiary/aromatic N) is 1. The molecule has 1 aliphatic rings. The van der Waals surface area contributed by atoms with Crippen LogP contribution in [0.1, 0.15) is 24.8 Å². The number of rotatable bonds is 7. The molecule has 6 heteroatoms. The first-order valence-corrected chi connectivity index (χ1v) is 8.10. The Labute approximate surface area is 135 Å². The molecule has 1 aliphatic heterocycles. The van der Waals surface area contributed by atoms with Crippen molar-refractivity contribution >= 4 is 0 Å². The summed E-state index contributed by atoms with van der Waals surface area (Å²) in [6, 6.07) is 1.20. The van der Waals surface area contributed by atoms with Crippen LogP contribution in [0.2, 0.25) is 0 Å². The fraction of sp³-hybridized carbons (Fsp3) is 0.647. The zero-order valence-corrected chi connectivity index (χ0v) is 13.5. The van der Waals surface area contributed by atoms with Crippen molar-refractivity contribution in [2.75, 3.05) is 33.4 Å². The van der Waals surface area contributed by atoms with E-state index in [2.05, 4.69) is 4.90 Å². The minimum atomic E-state index is -1.17. The van der Waals surface area contributed by atoms with Gasteiger partial charge in [0, 0.05) is 25.8 Å². The van der Waals surface area contributed by atoms with Gasteiger partial charge in [-0.05, 0) is 56.3 Å². The van der Waals surface area contributed by atoms with Crippen molar-refractivity contribution in [1.29, 1.82) is 0 Å². The van der Waals surface area contributed by atoms with Gasteiger partial charge in [0.1, 0.15) is 5.82 Å². The van der Waals surface area contributed by atoms with Gasteiger partial charge in [-0.25, -0.2) is 13.2 Å². The van der Waals surface area contributed by atoms with E-state index in [0.29, 0.717) is 18.4 Å². The van der Waals surface area contributed by atoms with Crippen LogP contribution < -0.4 is 5.73 Å². The van der Waals surface area contributed by atoms with Gasteiger partial charge in [0.25, 0.3) is 0 Å². The molecule has 1 saturated heterocycles. The summed E-state index contributed by atoms with van der Waals surface area (Å²) in [6.07, 6.45) is 3.22. The van der Waals surface area contributed by atoms with Crippen LogP contribution in [0.3, 0.4) is 0 Å². The standard InChI is InChI=1S/C17H25F3N2O/c1-23-11-12-3-2-5-22(10-12)6-4-14(21)7-13-8-16(19)17(20)9-15(13)18/h8-9,12,14H,2-7,10-11,21H2,1H3/t12?,14-/m0/s1. The van der Waals surface area contributed by atoms with Crippen molar-refractivity contribution in [3.05, 3.63) is 35.1 Å². The van der Waals surface area contributed by atoms with E-state index in [0.717, 1.165) is 38.7 Å². The van der Waals surface area contributed by atoms with Crippen LogP contribution in [0.4, 0.5) is 13.2 Å². The van der Waals surface area contributed by atoms with Crippen LogP contribution in [0.15, 0.2) is 12.1 Å². The van der Waals surface area contributed by atoms with E-state index in [1.54, 1.807) is 7.11 Å². The molecule has 1 heterocycles. The number of methoxy groups -OCH3 is 1. The van der Waals surface area contributed by atoms with Gasteiger partial charge < -0.3 is 15.4 Å². The Morgan fingerprint density at radius 1 is 1.26 bits per heavy atom. The van der Waals surface area contributed by atoms with Crippen LogP contribution >= 0.6 is 0 Å². The summed E-state index contributed by atoms with van der Waals surface area (Å²) in [5.74, 6) is -2.39. The molecular formula is C17H25F3N2O. The van der Waals surface area contributed by atoms with E-state index in [-0.39, 0.29) is 18.0 Å². The lowest BCUT2D eigenvalue weighted by atomic mass is 9.98. The van der Waals surface area contributed by atoms with Crippen molar-refractivity contribution < 1.29 is 17.9 Å². The van der Waals surface area contributed by atoms with Gasteiger partial charge >= 0.3 is 0 Å². The van der Waals surface area contributed by atoms with E-state index >= 15 is 0 Å². The van der Waals surface area contributed by atoms with E-state index < -0.39 is 17.5 Å². The fourth-order valence-corrected chi connectivity index (χ4v) is 3.18. The molecule has 0 radical (unpaired) electrons. The number of hydrogen-bond acceptors (Lipinski definition) is 3. The second kappa shape index (κ2) is 8.66. The van der Waals surface area contributed by atoms with E-state index in [1.807, 2.05) is 0 Å². The molecule has 2 rings (SSSR count). The van der Waals surface area contributed by atoms with E-state index in [9.17, 15) is 13.2 Å². The van der Waals surface area contributed by atoms with E-state index in [1.165, 1.54) is 6.42 Å². The van der Waals surface area contributed by atoms with E-state index in [4.69, 9.17) is 10.5 Å². The highest BCUT2D eigenvalue weighted by molar-refractivity contribution is 5.21. The Kier molecular flexibility index (Phi) is 6.87. The lowest BCUT2D eigenvalue weighted by Crippen LogP contribution is -2.39. The SMILES string of the molecule is COCC1CCCN(CC[C@H](N)Cc2cc(F)c(F)cc2F)C1. The largest absolute Gasteiger partial charge is 0.384 e. The van der Waals surface area contributed by atoms with Gasteiger partial charge in [0.2, 0.25) is 0 Å². The molecule has 1 unspecified atom stereocenters. The summed E-state index contributed by atoms with van der Waals surface area (Å²) in [5.41, 5.74) is 6.17. The third-order valence-electron chi connectivity index (χ3n) is 4.39. The molecule has 2 atom stereocenters. The quantitative estimate of drug-likeness (QED) is 0.781. The lowest BCUT2D eigenvalue weighted by Gasteiger charge is -2.33. The topological polar surface area (TPSA) is 38.5 Å².